The van der Waals surface area contributed by atoms with E-state index >= 15 is 0 Å². The first-order chi connectivity index (χ1) is 12.1. The number of carbonyl (C=O) groups excluding carboxylic acids is 1. The summed E-state index contributed by atoms with van der Waals surface area (Å²) in [5.41, 5.74) is 2.05. The van der Waals surface area contributed by atoms with Crippen LogP contribution in [0.25, 0.3) is 11.3 Å². The molecule has 0 aliphatic heterocycles. The minimum atomic E-state index is -0.458. The molecule has 3 rings (SSSR count). The van der Waals surface area contributed by atoms with Gasteiger partial charge >= 0.3 is 0 Å². The zero-order valence-electron chi connectivity index (χ0n) is 13.2. The van der Waals surface area contributed by atoms with Crippen LogP contribution in [-0.4, -0.2) is 35.6 Å². The van der Waals surface area contributed by atoms with Crippen LogP contribution in [0, 0.1) is 11.3 Å². The number of hydrogen-bond donors (Lipinski definition) is 2. The molecule has 0 saturated heterocycles. The van der Waals surface area contributed by atoms with E-state index in [1.165, 1.54) is 12.4 Å². The van der Waals surface area contributed by atoms with E-state index in [0.717, 1.165) is 5.69 Å². The Kier molecular flexibility index (Phi) is 4.57. The van der Waals surface area contributed by atoms with E-state index in [9.17, 15) is 4.79 Å². The molecule has 1 amide bonds. The Bertz CT molecular complexity index is 927. The molecule has 0 atom stereocenters. The fraction of sp³-hybridized carbons (Fsp3) is 0.133. The first-order valence-corrected chi connectivity index (χ1v) is 7.22. The molecule has 0 spiro atoms. The Morgan fingerprint density at radius 1 is 1.24 bits per heavy atom. The second-order valence-electron chi connectivity index (χ2n) is 4.97. The lowest BCUT2D eigenvalue weighted by Crippen LogP contribution is -2.12. The highest BCUT2D eigenvalue weighted by Crippen LogP contribution is 2.18. The number of nitriles is 1. The van der Waals surface area contributed by atoms with Gasteiger partial charge in [-0.1, -0.05) is 0 Å². The van der Waals surface area contributed by atoms with E-state index in [1.807, 2.05) is 7.05 Å². The average Bonchev–Trinajstić information content (AvgIpc) is 3.01. The van der Waals surface area contributed by atoms with Crippen LogP contribution in [0.3, 0.4) is 0 Å². The van der Waals surface area contributed by atoms with E-state index in [0.29, 0.717) is 17.2 Å². The second-order valence-corrected chi connectivity index (χ2v) is 4.97. The van der Waals surface area contributed by atoms with Gasteiger partial charge in [-0.2, -0.15) is 10.4 Å². The quantitative estimate of drug-likeness (QED) is 0.711. The van der Waals surface area contributed by atoms with Crippen LogP contribution in [-0.2, 0) is 11.8 Å². The van der Waals surface area contributed by atoms with E-state index in [1.54, 1.807) is 35.4 Å². The van der Waals surface area contributed by atoms with Crippen molar-refractivity contribution in [1.82, 2.24) is 29.7 Å². The highest BCUT2D eigenvalue weighted by molar-refractivity contribution is 5.90. The van der Waals surface area contributed by atoms with Gasteiger partial charge in [-0.3, -0.25) is 14.8 Å². The third-order valence-corrected chi connectivity index (χ3v) is 3.06. The SMILES string of the molecule is Cn1cc(Nc2nccc(-c3cnc(NC(=O)CC#N)nc3)n2)cn1. The molecule has 0 bridgehead atoms. The maximum Gasteiger partial charge on any atom is 0.240 e. The number of carbonyl (C=O) groups is 1. The molecule has 0 fully saturated rings. The average molecular weight is 335 g/mol. The molecule has 10 nitrogen and oxygen atoms in total. The fourth-order valence-corrected chi connectivity index (χ4v) is 1.96. The van der Waals surface area contributed by atoms with E-state index < -0.39 is 5.91 Å². The molecule has 0 aliphatic carbocycles. The van der Waals surface area contributed by atoms with Crippen LogP contribution in [0.2, 0.25) is 0 Å². The summed E-state index contributed by atoms with van der Waals surface area (Å²) < 4.78 is 1.67. The lowest BCUT2D eigenvalue weighted by Gasteiger charge is -2.05. The Morgan fingerprint density at radius 2 is 2.04 bits per heavy atom. The summed E-state index contributed by atoms with van der Waals surface area (Å²) in [4.78, 5) is 28.0. The zero-order valence-corrected chi connectivity index (χ0v) is 13.2. The van der Waals surface area contributed by atoms with Gasteiger partial charge in [-0.05, 0) is 6.07 Å². The molecule has 2 N–H and O–H groups in total. The van der Waals surface area contributed by atoms with Crippen molar-refractivity contribution < 1.29 is 4.79 Å². The van der Waals surface area contributed by atoms with Gasteiger partial charge in [-0.25, -0.2) is 19.9 Å². The van der Waals surface area contributed by atoms with Gasteiger partial charge in [0.1, 0.15) is 6.42 Å². The fourth-order valence-electron chi connectivity index (χ4n) is 1.96. The van der Waals surface area contributed by atoms with Crippen molar-refractivity contribution in [3.63, 3.8) is 0 Å². The minimum Gasteiger partial charge on any atom is -0.321 e. The molecule has 0 aromatic carbocycles. The monoisotopic (exact) mass is 335 g/mol. The number of anilines is 3. The molecule has 25 heavy (non-hydrogen) atoms. The van der Waals surface area contributed by atoms with Gasteiger partial charge in [0.05, 0.1) is 23.6 Å². The lowest BCUT2D eigenvalue weighted by molar-refractivity contribution is -0.115. The third-order valence-electron chi connectivity index (χ3n) is 3.06. The van der Waals surface area contributed by atoms with E-state index in [-0.39, 0.29) is 12.4 Å². The standard InChI is InChI=1S/C15H13N9O/c1-24-9-11(8-20-24)21-15-17-5-3-12(22-15)10-6-18-14(19-7-10)23-13(25)2-4-16/h3,5-9H,2H2,1H3,(H,17,21,22)(H,18,19,23,25). The Labute approximate surface area is 142 Å². The van der Waals surface area contributed by atoms with Crippen molar-refractivity contribution in [2.24, 2.45) is 7.05 Å². The summed E-state index contributed by atoms with van der Waals surface area (Å²) in [6.07, 6.45) is 7.90. The molecule has 3 heterocycles. The second kappa shape index (κ2) is 7.14. The summed E-state index contributed by atoms with van der Waals surface area (Å²) in [6.45, 7) is 0. The summed E-state index contributed by atoms with van der Waals surface area (Å²) in [5, 5.41) is 18.0. The van der Waals surface area contributed by atoms with E-state index in [2.05, 4.69) is 35.7 Å². The molecule has 3 aromatic rings. The largest absolute Gasteiger partial charge is 0.321 e. The Hall–Kier alpha value is -3.87. The van der Waals surface area contributed by atoms with Gasteiger partial charge in [-0.15, -0.1) is 0 Å². The molecule has 124 valence electrons. The number of aryl methyl sites for hydroxylation is 1. The van der Waals surface area contributed by atoms with Gasteiger partial charge in [0.2, 0.25) is 17.8 Å². The number of amides is 1. The predicted molar refractivity (Wildman–Crippen MR) is 88.4 cm³/mol. The van der Waals surface area contributed by atoms with Crippen LogP contribution in [0.15, 0.2) is 37.1 Å². The maximum absolute atomic E-state index is 11.3. The van der Waals surface area contributed by atoms with Crippen molar-refractivity contribution in [3.05, 3.63) is 37.1 Å². The lowest BCUT2D eigenvalue weighted by atomic mass is 10.2. The van der Waals surface area contributed by atoms with Crippen molar-refractivity contribution in [2.45, 2.75) is 6.42 Å². The molecule has 0 aliphatic rings. The molecule has 10 heteroatoms. The van der Waals surface area contributed by atoms with Crippen LogP contribution >= 0.6 is 0 Å². The molecule has 0 unspecified atom stereocenters. The number of nitrogens with one attached hydrogen (secondary N) is 2. The van der Waals surface area contributed by atoms with Crippen molar-refractivity contribution >= 4 is 23.5 Å². The van der Waals surface area contributed by atoms with Crippen LogP contribution in [0.4, 0.5) is 17.6 Å². The first kappa shape index (κ1) is 16.0. The number of aromatic nitrogens is 6. The van der Waals surface area contributed by atoms with Gasteiger partial charge < -0.3 is 5.32 Å². The van der Waals surface area contributed by atoms with Crippen molar-refractivity contribution in [1.29, 1.82) is 5.26 Å². The normalized spacial score (nSPS) is 10.1. The maximum atomic E-state index is 11.3. The predicted octanol–water partition coefficient (Wildman–Crippen LogP) is 1.26. The third kappa shape index (κ3) is 4.11. The molecular weight excluding hydrogens is 322 g/mol. The van der Waals surface area contributed by atoms with Crippen LogP contribution in [0.5, 0.6) is 0 Å². The van der Waals surface area contributed by atoms with Crippen molar-refractivity contribution in [3.8, 4) is 17.3 Å². The Balaban J connectivity index is 1.74. The number of nitrogens with zero attached hydrogens (tertiary/aromatic N) is 7. The summed E-state index contributed by atoms with van der Waals surface area (Å²) in [6, 6.07) is 3.48. The van der Waals surface area contributed by atoms with Gasteiger partial charge in [0, 0.05) is 37.4 Å². The first-order valence-electron chi connectivity index (χ1n) is 7.22. The summed E-state index contributed by atoms with van der Waals surface area (Å²) in [7, 11) is 1.82. The zero-order chi connectivity index (χ0) is 17.6. The van der Waals surface area contributed by atoms with Crippen LogP contribution < -0.4 is 10.6 Å². The van der Waals surface area contributed by atoms with Gasteiger partial charge in [0.25, 0.3) is 0 Å². The molecular formula is C15H13N9O. The topological polar surface area (TPSA) is 134 Å². The molecule has 3 aromatic heterocycles. The Morgan fingerprint density at radius 3 is 2.72 bits per heavy atom. The summed E-state index contributed by atoms with van der Waals surface area (Å²) >= 11 is 0. The smallest absolute Gasteiger partial charge is 0.240 e. The number of hydrogen-bond acceptors (Lipinski definition) is 8. The number of rotatable bonds is 5. The highest BCUT2D eigenvalue weighted by atomic mass is 16.1. The summed E-state index contributed by atoms with van der Waals surface area (Å²) in [5.74, 6) is 0.0870. The molecule has 0 radical (unpaired) electrons. The van der Waals surface area contributed by atoms with E-state index in [4.69, 9.17) is 5.26 Å². The molecule has 0 saturated carbocycles. The van der Waals surface area contributed by atoms with Gasteiger partial charge in [0.15, 0.2) is 0 Å². The highest BCUT2D eigenvalue weighted by Gasteiger charge is 2.07. The minimum absolute atomic E-state index is 0.131. The van der Waals surface area contributed by atoms with Crippen LogP contribution in [0.1, 0.15) is 6.42 Å². The van der Waals surface area contributed by atoms with Crippen molar-refractivity contribution in [2.75, 3.05) is 10.6 Å².